The van der Waals surface area contributed by atoms with Gasteiger partial charge in [0.25, 0.3) is 0 Å². The monoisotopic (exact) mass is 337 g/mol. The molecule has 0 saturated carbocycles. The number of allylic oxidation sites excluding steroid dienone is 1. The first kappa shape index (κ1) is 18.2. The van der Waals surface area contributed by atoms with Crippen molar-refractivity contribution in [3.63, 3.8) is 0 Å². The van der Waals surface area contributed by atoms with Gasteiger partial charge in [-0.15, -0.1) is 0 Å². The van der Waals surface area contributed by atoms with Crippen molar-refractivity contribution in [3.8, 4) is 0 Å². The van der Waals surface area contributed by atoms with E-state index in [1.54, 1.807) is 18.2 Å². The minimum Gasteiger partial charge on any atom is -0.316 e. The molecule has 1 aromatic rings. The minimum atomic E-state index is -3.24. The molecule has 0 bridgehead atoms. The number of hydroxylamine groups is 1. The summed E-state index contributed by atoms with van der Waals surface area (Å²) >= 11 is 0. The van der Waals surface area contributed by atoms with Gasteiger partial charge >= 0.3 is 0 Å². The summed E-state index contributed by atoms with van der Waals surface area (Å²) in [6.45, 7) is 4.41. The molecule has 0 spiro atoms. The van der Waals surface area contributed by atoms with Crippen LogP contribution in [0.5, 0.6) is 0 Å². The molecule has 2 unspecified atom stereocenters. The Morgan fingerprint density at radius 1 is 1.39 bits per heavy atom. The topological polar surface area (TPSA) is 66.4 Å². The molecule has 0 heterocycles. The first-order valence-corrected chi connectivity index (χ1v) is 10.2. The Hall–Kier alpha value is -1.17. The number of nitrogens with one attached hydrogen (secondary N) is 1. The summed E-state index contributed by atoms with van der Waals surface area (Å²) in [6.07, 6.45) is 6.49. The van der Waals surface area contributed by atoms with Gasteiger partial charge in [-0.2, -0.15) is 5.48 Å². The summed E-state index contributed by atoms with van der Waals surface area (Å²) in [7, 11) is -3.24. The fourth-order valence-electron chi connectivity index (χ4n) is 3.41. The van der Waals surface area contributed by atoms with E-state index < -0.39 is 9.84 Å². The third-order valence-electron chi connectivity index (χ3n) is 4.71. The van der Waals surface area contributed by atoms with E-state index in [2.05, 4.69) is 19.3 Å². The summed E-state index contributed by atoms with van der Waals surface area (Å²) in [5, 5.41) is 9.50. The molecule has 1 aliphatic carbocycles. The first-order chi connectivity index (χ1) is 10.9. The van der Waals surface area contributed by atoms with E-state index in [1.165, 1.54) is 18.2 Å². The van der Waals surface area contributed by atoms with Crippen molar-refractivity contribution in [2.45, 2.75) is 56.9 Å². The molecular weight excluding hydrogens is 310 g/mol. The molecule has 128 valence electrons. The van der Waals surface area contributed by atoms with E-state index in [4.69, 9.17) is 0 Å². The summed E-state index contributed by atoms with van der Waals surface area (Å²) in [5.41, 5.74) is 5.72. The maximum atomic E-state index is 11.8. The Morgan fingerprint density at radius 3 is 2.74 bits per heavy atom. The van der Waals surface area contributed by atoms with Gasteiger partial charge in [0.05, 0.1) is 10.9 Å². The molecule has 0 fully saturated rings. The van der Waals surface area contributed by atoms with E-state index in [0.717, 1.165) is 36.8 Å². The number of unbranched alkanes of at least 4 members (excludes halogenated alkanes) is 1. The maximum Gasteiger partial charge on any atom is 0.175 e. The number of sulfone groups is 1. The molecule has 0 amide bonds. The average molecular weight is 337 g/mol. The van der Waals surface area contributed by atoms with Crippen LogP contribution in [0.25, 0.3) is 5.57 Å². The highest BCUT2D eigenvalue weighted by molar-refractivity contribution is 7.90. The minimum absolute atomic E-state index is 0.121. The summed E-state index contributed by atoms with van der Waals surface area (Å²) < 4.78 is 23.7. The van der Waals surface area contributed by atoms with Crippen LogP contribution in [-0.4, -0.2) is 25.9 Å². The molecule has 0 aromatic heterocycles. The van der Waals surface area contributed by atoms with Crippen LogP contribution in [0.2, 0.25) is 0 Å². The van der Waals surface area contributed by atoms with E-state index in [1.807, 2.05) is 6.07 Å². The van der Waals surface area contributed by atoms with Crippen LogP contribution in [0.4, 0.5) is 0 Å². The van der Waals surface area contributed by atoms with Gasteiger partial charge in [-0.3, -0.25) is 0 Å². The van der Waals surface area contributed by atoms with Crippen LogP contribution in [0.1, 0.15) is 51.5 Å². The predicted molar refractivity (Wildman–Crippen MR) is 93.1 cm³/mol. The summed E-state index contributed by atoms with van der Waals surface area (Å²) in [5.74, 6) is 0.449. The molecule has 2 rings (SSSR count). The smallest absolute Gasteiger partial charge is 0.175 e. The average Bonchev–Trinajstić information content (AvgIpc) is 2.96. The Morgan fingerprint density at radius 2 is 2.13 bits per heavy atom. The van der Waals surface area contributed by atoms with Gasteiger partial charge in [-0.1, -0.05) is 44.4 Å². The van der Waals surface area contributed by atoms with Crippen molar-refractivity contribution >= 4 is 15.4 Å². The zero-order chi connectivity index (χ0) is 17.0. The van der Waals surface area contributed by atoms with Gasteiger partial charge in [0, 0.05) is 6.26 Å². The first-order valence-electron chi connectivity index (χ1n) is 8.31. The van der Waals surface area contributed by atoms with E-state index in [9.17, 15) is 13.6 Å². The fourth-order valence-corrected chi connectivity index (χ4v) is 4.08. The molecule has 0 radical (unpaired) electrons. The molecule has 1 aliphatic rings. The third kappa shape index (κ3) is 4.22. The predicted octanol–water partition coefficient (Wildman–Crippen LogP) is 3.81. The zero-order valence-electron chi connectivity index (χ0n) is 14.2. The number of benzene rings is 1. The quantitative estimate of drug-likeness (QED) is 0.743. The molecule has 23 heavy (non-hydrogen) atoms. The Bertz CT molecular complexity index is 679. The van der Waals surface area contributed by atoms with Crippen LogP contribution in [0.15, 0.2) is 34.7 Å². The van der Waals surface area contributed by atoms with E-state index in [0.29, 0.717) is 10.8 Å². The molecule has 0 saturated heterocycles. The Labute approximate surface area is 139 Å². The second kappa shape index (κ2) is 7.60. The van der Waals surface area contributed by atoms with Crippen molar-refractivity contribution < 1.29 is 13.6 Å². The lowest BCUT2D eigenvalue weighted by Gasteiger charge is -2.19. The Balaban J connectivity index is 2.46. The molecule has 2 N–H and O–H groups in total. The van der Waals surface area contributed by atoms with Crippen molar-refractivity contribution in [1.29, 1.82) is 0 Å². The normalized spacial score (nSPS) is 20.1. The Kier molecular flexibility index (Phi) is 6.00. The van der Waals surface area contributed by atoms with Crippen LogP contribution >= 0.6 is 0 Å². The fraction of sp³-hybridized carbons (Fsp3) is 0.556. The largest absolute Gasteiger partial charge is 0.316 e. The number of hydrogen-bond donors (Lipinski definition) is 2. The van der Waals surface area contributed by atoms with Crippen LogP contribution in [-0.2, 0) is 9.84 Å². The van der Waals surface area contributed by atoms with E-state index >= 15 is 0 Å². The highest BCUT2D eigenvalue weighted by Crippen LogP contribution is 2.39. The van der Waals surface area contributed by atoms with Crippen molar-refractivity contribution in [2.24, 2.45) is 5.92 Å². The van der Waals surface area contributed by atoms with Crippen LogP contribution < -0.4 is 5.48 Å². The molecular formula is C18H27NO3S. The van der Waals surface area contributed by atoms with Gasteiger partial charge in [0.15, 0.2) is 9.84 Å². The van der Waals surface area contributed by atoms with Gasteiger partial charge in [-0.05, 0) is 48.4 Å². The van der Waals surface area contributed by atoms with Crippen molar-refractivity contribution in [3.05, 3.63) is 35.4 Å². The SMILES string of the molecule is CCCCC(C)C1=C(c2cccc(S(C)(=O)=O)c2)C(NO)CC1. The van der Waals surface area contributed by atoms with Crippen LogP contribution in [0, 0.1) is 5.92 Å². The van der Waals surface area contributed by atoms with E-state index in [-0.39, 0.29) is 6.04 Å². The second-order valence-electron chi connectivity index (χ2n) is 6.50. The number of hydrogen-bond acceptors (Lipinski definition) is 4. The van der Waals surface area contributed by atoms with Gasteiger partial charge in [0.1, 0.15) is 0 Å². The van der Waals surface area contributed by atoms with Crippen LogP contribution in [0.3, 0.4) is 0 Å². The lowest BCUT2D eigenvalue weighted by Crippen LogP contribution is -2.24. The summed E-state index contributed by atoms with van der Waals surface area (Å²) in [6, 6.07) is 6.94. The number of rotatable bonds is 7. The molecule has 1 aromatic carbocycles. The molecule has 4 nitrogen and oxygen atoms in total. The van der Waals surface area contributed by atoms with Crippen molar-refractivity contribution in [2.75, 3.05) is 6.26 Å². The van der Waals surface area contributed by atoms with Gasteiger partial charge < -0.3 is 5.21 Å². The summed E-state index contributed by atoms with van der Waals surface area (Å²) in [4.78, 5) is 0.326. The highest BCUT2D eigenvalue weighted by Gasteiger charge is 2.29. The highest BCUT2D eigenvalue weighted by atomic mass is 32.2. The standard InChI is InChI=1S/C18H27NO3S/c1-4-5-7-13(2)16-10-11-17(19-20)18(16)14-8-6-9-15(12-14)23(3,21)22/h6,8-9,12-13,17,19-20H,4-5,7,10-11H2,1-3H3. The molecule has 0 aliphatic heterocycles. The zero-order valence-corrected chi connectivity index (χ0v) is 15.0. The third-order valence-corrected chi connectivity index (χ3v) is 5.82. The molecule has 2 atom stereocenters. The maximum absolute atomic E-state index is 11.8. The lowest BCUT2D eigenvalue weighted by molar-refractivity contribution is 0.146. The van der Waals surface area contributed by atoms with Crippen molar-refractivity contribution in [1.82, 2.24) is 5.48 Å². The van der Waals surface area contributed by atoms with Gasteiger partial charge in [-0.25, -0.2) is 8.42 Å². The van der Waals surface area contributed by atoms with Gasteiger partial charge in [0.2, 0.25) is 0 Å². The molecule has 5 heteroatoms. The second-order valence-corrected chi connectivity index (χ2v) is 8.52. The lowest BCUT2D eigenvalue weighted by atomic mass is 9.89.